The van der Waals surface area contributed by atoms with Crippen molar-refractivity contribution in [2.75, 3.05) is 14.6 Å². The molecule has 0 atom stereocenters. The van der Waals surface area contributed by atoms with Crippen molar-refractivity contribution >= 4 is 95.9 Å². The summed E-state index contributed by atoms with van der Waals surface area (Å²) in [6, 6.07) is 99.0. The van der Waals surface area contributed by atoms with E-state index in [1.807, 2.05) is 0 Å². The van der Waals surface area contributed by atoms with Gasteiger partial charge in [0.25, 0.3) is 0 Å². The largest absolute Gasteiger partial charge is 0.376 e. The first-order valence-electron chi connectivity index (χ1n) is 32.9. The van der Waals surface area contributed by atoms with Crippen LogP contribution < -0.4 is 25.5 Å². The van der Waals surface area contributed by atoms with Crippen LogP contribution in [0.2, 0.25) is 0 Å². The molecule has 5 heteroatoms. The van der Waals surface area contributed by atoms with Crippen molar-refractivity contribution in [1.29, 1.82) is 0 Å². The lowest BCUT2D eigenvalue weighted by Gasteiger charge is -2.47. The Morgan fingerprint density at radius 3 is 1.41 bits per heavy atom. The molecule has 0 amide bonds. The molecule has 4 nitrogen and oxygen atoms in total. The summed E-state index contributed by atoms with van der Waals surface area (Å²) in [5.74, 6) is 0. The maximum absolute atomic E-state index is 2.81. The van der Waals surface area contributed by atoms with Gasteiger partial charge in [0.05, 0.1) is 16.7 Å². The Bertz CT molecular complexity index is 4920. The fraction of sp³-hybridized carbons (Fsp3) is 0.186. The zero-order valence-electron chi connectivity index (χ0n) is 53.5. The second-order valence-electron chi connectivity index (χ2n) is 29.0. The SMILES string of the molecule is CC1(C)CCC(C)(C)c2cc(N3B4c5cc6c(cc5-n5c7c4c(cc(N(c4ccc(-c8ccccc8)cc4)c4ccc(-c8ccccc8)cc4)c7c4ccc7ccccc7c45)-c4ccc(N(c5ccccc5)c5ccccc5)cc43)C(C)(C)CCC6(C)C)ccc21. The Kier molecular flexibility index (Phi) is 12.3. The van der Waals surface area contributed by atoms with E-state index in [2.05, 4.69) is 335 Å². The molecule has 0 bridgehead atoms. The first-order valence-corrected chi connectivity index (χ1v) is 32.9. The summed E-state index contributed by atoms with van der Waals surface area (Å²) in [6.07, 6.45) is 4.53. The minimum atomic E-state index is -0.220. The van der Waals surface area contributed by atoms with Gasteiger partial charge in [0.1, 0.15) is 0 Å². The second-order valence-corrected chi connectivity index (χ2v) is 29.0. The number of para-hydroxylation sites is 2. The van der Waals surface area contributed by atoms with Crippen LogP contribution in [0.25, 0.3) is 71.6 Å². The minimum absolute atomic E-state index is 0.0203. The number of rotatable bonds is 9. The summed E-state index contributed by atoms with van der Waals surface area (Å²) in [7, 11) is 0. The lowest BCUT2D eigenvalue weighted by atomic mass is 9.43. The molecule has 2 aliphatic carbocycles. The lowest BCUT2D eigenvalue weighted by Crippen LogP contribution is -2.61. The highest BCUT2D eigenvalue weighted by atomic mass is 15.2. The van der Waals surface area contributed by atoms with Crippen LogP contribution in [0.15, 0.2) is 261 Å². The van der Waals surface area contributed by atoms with Gasteiger partial charge in [0, 0.05) is 67.2 Å². The third-order valence-electron chi connectivity index (χ3n) is 21.6. The Labute approximate surface area is 536 Å². The summed E-state index contributed by atoms with van der Waals surface area (Å²) >= 11 is 0. The van der Waals surface area contributed by atoms with Gasteiger partial charge in [0.15, 0.2) is 0 Å². The van der Waals surface area contributed by atoms with Gasteiger partial charge in [0.2, 0.25) is 0 Å². The summed E-state index contributed by atoms with van der Waals surface area (Å²) in [5, 5.41) is 4.98. The molecule has 3 heterocycles. The fourth-order valence-corrected chi connectivity index (χ4v) is 16.5. The smallest absolute Gasteiger partial charge is 0.333 e. The summed E-state index contributed by atoms with van der Waals surface area (Å²) in [5.41, 5.74) is 28.6. The van der Waals surface area contributed by atoms with Gasteiger partial charge in [-0.1, -0.05) is 231 Å². The van der Waals surface area contributed by atoms with Gasteiger partial charge in [-0.3, -0.25) is 0 Å². The van der Waals surface area contributed by atoms with Crippen LogP contribution in [-0.2, 0) is 21.7 Å². The van der Waals surface area contributed by atoms with Gasteiger partial charge in [-0.25, -0.2) is 0 Å². The number of hydrogen-bond donors (Lipinski definition) is 0. The second kappa shape index (κ2) is 20.3. The Morgan fingerprint density at radius 1 is 0.341 bits per heavy atom. The topological polar surface area (TPSA) is 14.7 Å². The van der Waals surface area contributed by atoms with Crippen LogP contribution in [0.3, 0.4) is 0 Å². The summed E-state index contributed by atoms with van der Waals surface area (Å²) in [4.78, 5) is 7.82. The Balaban J connectivity index is 1.04. The van der Waals surface area contributed by atoms with E-state index < -0.39 is 0 Å². The highest BCUT2D eigenvalue weighted by Crippen LogP contribution is 2.56. The Hall–Kier alpha value is -9.84. The van der Waals surface area contributed by atoms with Crippen LogP contribution >= 0.6 is 0 Å². The first-order chi connectivity index (χ1) is 44.1. The van der Waals surface area contributed by atoms with E-state index in [-0.39, 0.29) is 28.5 Å². The number of aromatic nitrogens is 1. The molecule has 0 fully saturated rings. The van der Waals surface area contributed by atoms with Crippen molar-refractivity contribution in [3.8, 4) is 39.1 Å². The zero-order valence-corrected chi connectivity index (χ0v) is 53.5. The number of nitrogens with zero attached hydrogens (tertiary/aromatic N) is 4. The normalized spacial score (nSPS) is 16.0. The molecule has 0 spiro atoms. The van der Waals surface area contributed by atoms with E-state index in [0.29, 0.717) is 0 Å². The molecule has 1 aromatic heterocycles. The van der Waals surface area contributed by atoms with Crippen LogP contribution in [0.5, 0.6) is 0 Å². The van der Waals surface area contributed by atoms with Gasteiger partial charge in [-0.05, 0) is 199 Å². The number of fused-ring (bicyclic) bond motifs is 12. The van der Waals surface area contributed by atoms with E-state index in [0.717, 1.165) is 59.8 Å². The average Bonchev–Trinajstić information content (AvgIpc) is 1.59. The van der Waals surface area contributed by atoms with E-state index in [1.54, 1.807) is 0 Å². The summed E-state index contributed by atoms with van der Waals surface area (Å²) in [6.45, 7) is 19.7. The standard InChI is InChI=1S/C86H75BN4/c1-83(2)47-48-84(3,4)72-51-66(43-46-71(72)83)91-76-52-65(88(61-28-17-11-18-29-61)62-30-19-12-20-31-62)42-45-68(76)70-53-78(89(63-38-33-58(34-39-63)56-23-13-9-14-24-56)64-40-35-59(36-41-64)57-25-15-10-16-26-57)79-69-44-37-60-27-21-22-32-67(60)81(69)90-77-55-74-73(85(5,6)49-50-86(74,7)8)54-75(77)87(91)80(70)82(79)90/h9-46,51-55H,47-50H2,1-8H3. The fourth-order valence-electron chi connectivity index (χ4n) is 16.5. The minimum Gasteiger partial charge on any atom is -0.376 e. The quantitative estimate of drug-likeness (QED) is 0.134. The van der Waals surface area contributed by atoms with E-state index in [1.165, 1.54) is 116 Å². The van der Waals surface area contributed by atoms with Crippen LogP contribution in [0.1, 0.15) is 103 Å². The molecule has 17 rings (SSSR count). The van der Waals surface area contributed by atoms with Crippen molar-refractivity contribution in [2.24, 2.45) is 0 Å². The molecule has 0 unspecified atom stereocenters. The van der Waals surface area contributed by atoms with Gasteiger partial charge in [-0.15, -0.1) is 0 Å². The first kappa shape index (κ1) is 55.2. The van der Waals surface area contributed by atoms with Gasteiger partial charge < -0.3 is 19.2 Å². The van der Waals surface area contributed by atoms with E-state index in [9.17, 15) is 0 Å². The molecular formula is C86H75BN4. The van der Waals surface area contributed by atoms with Crippen molar-refractivity contribution < 1.29 is 0 Å². The van der Waals surface area contributed by atoms with Gasteiger partial charge >= 0.3 is 6.85 Å². The molecule has 12 aromatic carbocycles. The highest BCUT2D eigenvalue weighted by Gasteiger charge is 2.49. The van der Waals surface area contributed by atoms with Gasteiger partial charge in [-0.2, -0.15) is 0 Å². The Morgan fingerprint density at radius 2 is 0.824 bits per heavy atom. The third kappa shape index (κ3) is 8.63. The highest BCUT2D eigenvalue weighted by molar-refractivity contribution is 6.94. The molecular weight excluding hydrogens is 1100 g/mol. The van der Waals surface area contributed by atoms with Crippen molar-refractivity contribution in [2.45, 2.75) is 103 Å². The van der Waals surface area contributed by atoms with Crippen molar-refractivity contribution in [1.82, 2.24) is 4.57 Å². The predicted octanol–water partition coefficient (Wildman–Crippen LogP) is 22.1. The molecule has 13 aromatic rings. The number of anilines is 8. The molecule has 0 radical (unpaired) electrons. The number of hydrogen-bond acceptors (Lipinski definition) is 3. The maximum Gasteiger partial charge on any atom is 0.333 e. The van der Waals surface area contributed by atoms with E-state index >= 15 is 0 Å². The lowest BCUT2D eigenvalue weighted by molar-refractivity contribution is 0.332. The van der Waals surface area contributed by atoms with Crippen molar-refractivity contribution in [3.63, 3.8) is 0 Å². The van der Waals surface area contributed by atoms with Crippen LogP contribution in [0.4, 0.5) is 45.5 Å². The maximum atomic E-state index is 2.81. The summed E-state index contributed by atoms with van der Waals surface area (Å²) < 4.78 is 2.76. The number of benzene rings is 12. The predicted molar refractivity (Wildman–Crippen MR) is 388 cm³/mol. The van der Waals surface area contributed by atoms with Crippen LogP contribution in [-0.4, -0.2) is 11.4 Å². The average molecular weight is 1180 g/mol. The molecule has 4 aliphatic rings. The monoisotopic (exact) mass is 1170 g/mol. The molecule has 0 saturated heterocycles. The molecule has 0 saturated carbocycles. The van der Waals surface area contributed by atoms with Crippen LogP contribution in [0, 0.1) is 0 Å². The van der Waals surface area contributed by atoms with E-state index in [4.69, 9.17) is 0 Å². The zero-order chi connectivity index (χ0) is 61.7. The third-order valence-corrected chi connectivity index (χ3v) is 21.6. The molecule has 2 aliphatic heterocycles. The molecule has 0 N–H and O–H groups in total. The molecule has 442 valence electrons. The molecule has 91 heavy (non-hydrogen) atoms. The van der Waals surface area contributed by atoms with Crippen molar-refractivity contribution in [3.05, 3.63) is 283 Å².